The molecule has 4 heteroatoms. The fourth-order valence-corrected chi connectivity index (χ4v) is 4.06. The highest BCUT2D eigenvalue weighted by Crippen LogP contribution is 2.37. The Kier molecular flexibility index (Phi) is 4.30. The van der Waals surface area contributed by atoms with Gasteiger partial charge in [-0.05, 0) is 61.6 Å². The van der Waals surface area contributed by atoms with Crippen LogP contribution in [0.2, 0.25) is 5.02 Å². The fraction of sp³-hybridized carbons (Fsp3) is 0.350. The number of anilines is 1. The molecule has 24 heavy (non-hydrogen) atoms. The zero-order chi connectivity index (χ0) is 16.5. The van der Waals surface area contributed by atoms with E-state index in [1.165, 1.54) is 24.8 Å². The number of halogens is 1. The van der Waals surface area contributed by atoms with Crippen LogP contribution in [0.25, 0.3) is 10.9 Å². The molecule has 0 spiro atoms. The van der Waals surface area contributed by atoms with Crippen molar-refractivity contribution in [2.24, 2.45) is 0 Å². The van der Waals surface area contributed by atoms with Crippen molar-refractivity contribution in [1.29, 1.82) is 0 Å². The Bertz CT molecular complexity index is 838. The van der Waals surface area contributed by atoms with Crippen molar-refractivity contribution in [3.05, 3.63) is 58.3 Å². The Hall–Kier alpha value is -1.84. The summed E-state index contributed by atoms with van der Waals surface area (Å²) in [6, 6.07) is 8.35. The number of fused-ring (bicyclic) bond motifs is 3. The predicted molar refractivity (Wildman–Crippen MR) is 102 cm³/mol. The molecular weight excluding hydrogens is 318 g/mol. The summed E-state index contributed by atoms with van der Waals surface area (Å²) in [5.41, 5.74) is 6.68. The molecule has 1 aromatic heterocycles. The number of benzene rings is 1. The maximum atomic E-state index is 6.05. The first-order chi connectivity index (χ1) is 11.7. The molecule has 2 aliphatic rings. The van der Waals surface area contributed by atoms with Crippen molar-refractivity contribution in [3.8, 4) is 0 Å². The van der Waals surface area contributed by atoms with Gasteiger partial charge in [-0.3, -0.25) is 4.98 Å². The summed E-state index contributed by atoms with van der Waals surface area (Å²) < 4.78 is 0. The lowest BCUT2D eigenvalue weighted by Crippen LogP contribution is -2.36. The summed E-state index contributed by atoms with van der Waals surface area (Å²) in [6.45, 7) is 4.07. The minimum absolute atomic E-state index is 0.480. The van der Waals surface area contributed by atoms with Crippen LogP contribution in [0.15, 0.2) is 53.3 Å². The Morgan fingerprint density at radius 2 is 2.12 bits per heavy atom. The van der Waals surface area contributed by atoms with Gasteiger partial charge in [0.05, 0.1) is 11.6 Å². The van der Waals surface area contributed by atoms with E-state index in [-0.39, 0.29) is 0 Å². The van der Waals surface area contributed by atoms with Gasteiger partial charge in [-0.1, -0.05) is 23.3 Å². The second kappa shape index (κ2) is 6.58. The van der Waals surface area contributed by atoms with Crippen molar-refractivity contribution >= 4 is 28.2 Å². The van der Waals surface area contributed by atoms with Gasteiger partial charge in [-0.15, -0.1) is 0 Å². The lowest BCUT2D eigenvalue weighted by Gasteiger charge is -2.26. The minimum Gasteiger partial charge on any atom is -0.383 e. The zero-order valence-corrected chi connectivity index (χ0v) is 14.7. The van der Waals surface area contributed by atoms with E-state index in [9.17, 15) is 0 Å². The molecule has 1 unspecified atom stereocenters. The molecule has 1 saturated carbocycles. The first kappa shape index (κ1) is 15.7. The van der Waals surface area contributed by atoms with E-state index < -0.39 is 0 Å². The summed E-state index contributed by atoms with van der Waals surface area (Å²) in [5.74, 6) is 0. The molecule has 1 heterocycles. The molecule has 2 bridgehead atoms. The molecule has 1 aromatic carbocycles. The highest BCUT2D eigenvalue weighted by Gasteiger charge is 2.28. The molecule has 0 saturated heterocycles. The largest absolute Gasteiger partial charge is 0.383 e. The lowest BCUT2D eigenvalue weighted by molar-refractivity contribution is 0.561. The smallest absolute Gasteiger partial charge is 0.0737 e. The standard InChI is InChI=1S/C20H22ClN3/c1-13-11-14-3-2-4-16(13)20(14)24-10-9-23-18-7-8-22-19-12-15(21)5-6-17(18)19/h5-8,11-12,20,24H,2-4,9-10H2,1H3,(H,22,23). The maximum Gasteiger partial charge on any atom is 0.0737 e. The molecule has 4 rings (SSSR count). The summed E-state index contributed by atoms with van der Waals surface area (Å²) in [7, 11) is 0. The number of nitrogens with zero attached hydrogens (tertiary/aromatic N) is 1. The van der Waals surface area contributed by atoms with Crippen LogP contribution in [0.3, 0.4) is 0 Å². The van der Waals surface area contributed by atoms with Gasteiger partial charge in [-0.25, -0.2) is 0 Å². The second-order valence-corrected chi connectivity index (χ2v) is 7.05. The average molecular weight is 340 g/mol. The van der Waals surface area contributed by atoms with E-state index >= 15 is 0 Å². The number of allylic oxidation sites excluding steroid dienone is 2. The van der Waals surface area contributed by atoms with Crippen LogP contribution >= 0.6 is 11.6 Å². The quantitative estimate of drug-likeness (QED) is 0.775. The van der Waals surface area contributed by atoms with Crippen molar-refractivity contribution in [1.82, 2.24) is 10.3 Å². The van der Waals surface area contributed by atoms with Crippen LogP contribution in [0.4, 0.5) is 5.69 Å². The maximum absolute atomic E-state index is 6.05. The van der Waals surface area contributed by atoms with E-state index in [4.69, 9.17) is 11.6 Å². The van der Waals surface area contributed by atoms with Crippen molar-refractivity contribution in [3.63, 3.8) is 0 Å². The molecule has 2 aliphatic carbocycles. The van der Waals surface area contributed by atoms with Crippen LogP contribution in [0.5, 0.6) is 0 Å². The van der Waals surface area contributed by atoms with Crippen molar-refractivity contribution in [2.45, 2.75) is 32.2 Å². The van der Waals surface area contributed by atoms with Gasteiger partial charge in [0.2, 0.25) is 0 Å². The summed E-state index contributed by atoms with van der Waals surface area (Å²) >= 11 is 6.05. The number of hydrogen-bond acceptors (Lipinski definition) is 3. The zero-order valence-electron chi connectivity index (χ0n) is 13.9. The van der Waals surface area contributed by atoms with Crippen LogP contribution in [0, 0.1) is 0 Å². The van der Waals surface area contributed by atoms with E-state index in [1.807, 2.05) is 30.5 Å². The van der Waals surface area contributed by atoms with Gasteiger partial charge < -0.3 is 10.6 Å². The van der Waals surface area contributed by atoms with Crippen LogP contribution < -0.4 is 10.6 Å². The average Bonchev–Trinajstić information content (AvgIpc) is 2.75. The third-order valence-corrected chi connectivity index (χ3v) is 5.27. The number of rotatable bonds is 5. The molecule has 2 aromatic rings. The number of pyridine rings is 1. The predicted octanol–water partition coefficient (Wildman–Crippen LogP) is 4.70. The summed E-state index contributed by atoms with van der Waals surface area (Å²) in [4.78, 5) is 4.39. The Balaban J connectivity index is 1.38. The van der Waals surface area contributed by atoms with Gasteiger partial charge >= 0.3 is 0 Å². The van der Waals surface area contributed by atoms with Gasteiger partial charge in [0.15, 0.2) is 0 Å². The van der Waals surface area contributed by atoms with E-state index in [0.29, 0.717) is 6.04 Å². The highest BCUT2D eigenvalue weighted by atomic mass is 35.5. The third-order valence-electron chi connectivity index (χ3n) is 5.03. The SMILES string of the molecule is CC1=C2CCCC(=C1)C2NCCNc1ccnc2cc(Cl)ccc12. The molecule has 3 nitrogen and oxygen atoms in total. The molecule has 1 fully saturated rings. The highest BCUT2D eigenvalue weighted by molar-refractivity contribution is 6.31. The Morgan fingerprint density at radius 1 is 1.21 bits per heavy atom. The molecule has 0 amide bonds. The van der Waals surface area contributed by atoms with Crippen molar-refractivity contribution < 1.29 is 0 Å². The van der Waals surface area contributed by atoms with Gasteiger partial charge in [0, 0.05) is 35.4 Å². The Labute approximate surface area is 147 Å². The number of nitrogens with one attached hydrogen (secondary N) is 2. The van der Waals surface area contributed by atoms with E-state index in [0.717, 1.165) is 34.7 Å². The molecule has 1 atom stereocenters. The molecule has 0 radical (unpaired) electrons. The summed E-state index contributed by atoms with van der Waals surface area (Å²) in [6.07, 6.45) is 8.00. The third kappa shape index (κ3) is 2.94. The van der Waals surface area contributed by atoms with E-state index in [1.54, 1.807) is 11.1 Å². The van der Waals surface area contributed by atoms with Crippen LogP contribution in [0.1, 0.15) is 26.2 Å². The first-order valence-corrected chi connectivity index (χ1v) is 9.02. The normalized spacial score (nSPS) is 19.8. The topological polar surface area (TPSA) is 37.0 Å². The molecule has 124 valence electrons. The van der Waals surface area contributed by atoms with Crippen molar-refractivity contribution in [2.75, 3.05) is 18.4 Å². The fourth-order valence-electron chi connectivity index (χ4n) is 3.89. The van der Waals surface area contributed by atoms with E-state index in [2.05, 4.69) is 28.6 Å². The molecule has 0 aliphatic heterocycles. The second-order valence-electron chi connectivity index (χ2n) is 6.61. The molecular formula is C20H22ClN3. The molecule has 2 N–H and O–H groups in total. The van der Waals surface area contributed by atoms with Gasteiger partial charge in [0.1, 0.15) is 0 Å². The Morgan fingerprint density at radius 3 is 3.00 bits per heavy atom. The minimum atomic E-state index is 0.480. The van der Waals surface area contributed by atoms with Crippen LogP contribution in [-0.4, -0.2) is 24.1 Å². The summed E-state index contributed by atoms with van der Waals surface area (Å²) in [5, 5.41) is 9.08. The monoisotopic (exact) mass is 339 g/mol. The van der Waals surface area contributed by atoms with Crippen LogP contribution in [-0.2, 0) is 0 Å². The van der Waals surface area contributed by atoms with Gasteiger partial charge in [-0.2, -0.15) is 0 Å². The van der Waals surface area contributed by atoms with Gasteiger partial charge in [0.25, 0.3) is 0 Å². The number of aromatic nitrogens is 1. The lowest BCUT2D eigenvalue weighted by atomic mass is 9.89. The first-order valence-electron chi connectivity index (χ1n) is 8.64. The number of hydrogen-bond donors (Lipinski definition) is 2.